The van der Waals surface area contributed by atoms with Crippen LogP contribution < -0.4 is 5.73 Å². The van der Waals surface area contributed by atoms with E-state index in [0.717, 1.165) is 33.5 Å². The van der Waals surface area contributed by atoms with Crippen LogP contribution in [-0.4, -0.2) is 15.0 Å². The Bertz CT molecular complexity index is 637. The maximum absolute atomic E-state index is 5.69. The first-order valence-corrected chi connectivity index (χ1v) is 5.63. The molecule has 0 amide bonds. The predicted octanol–water partition coefficient (Wildman–Crippen LogP) is 2.32. The number of nitrogen functional groups attached to an aromatic ring is 1. The van der Waals surface area contributed by atoms with E-state index in [1.165, 1.54) is 11.3 Å². The summed E-state index contributed by atoms with van der Waals surface area (Å²) in [6.45, 7) is 2.08. The second-order valence-corrected chi connectivity index (χ2v) is 4.43. The SMILES string of the molecule is CCc1nc2c(ccc3nc(N)sc32)[nH]1. The van der Waals surface area contributed by atoms with Crippen molar-refractivity contribution < 1.29 is 0 Å². The molecule has 0 spiro atoms. The molecule has 3 aromatic rings. The second-order valence-electron chi connectivity index (χ2n) is 3.40. The number of rotatable bonds is 1. The van der Waals surface area contributed by atoms with Gasteiger partial charge in [0.15, 0.2) is 5.13 Å². The Labute approximate surface area is 90.2 Å². The number of benzene rings is 1. The molecule has 0 aliphatic heterocycles. The van der Waals surface area contributed by atoms with E-state index < -0.39 is 0 Å². The zero-order valence-electron chi connectivity index (χ0n) is 8.24. The summed E-state index contributed by atoms with van der Waals surface area (Å²) in [7, 11) is 0. The van der Waals surface area contributed by atoms with Gasteiger partial charge in [-0.15, -0.1) is 0 Å². The molecule has 0 aliphatic carbocycles. The van der Waals surface area contributed by atoms with Gasteiger partial charge in [-0.2, -0.15) is 0 Å². The standard InChI is InChI=1S/C10H10N4S/c1-2-7-12-5-3-4-6-9(8(5)14-7)15-10(11)13-6/h3-4H,2H2,1H3,(H2,11,13)(H,12,14). The van der Waals surface area contributed by atoms with Gasteiger partial charge in [0.1, 0.15) is 11.3 Å². The summed E-state index contributed by atoms with van der Waals surface area (Å²) in [5.41, 5.74) is 8.66. The molecule has 0 saturated heterocycles. The fraction of sp³-hybridized carbons (Fsp3) is 0.200. The Morgan fingerprint density at radius 2 is 2.27 bits per heavy atom. The number of imidazole rings is 1. The molecule has 3 rings (SSSR count). The van der Waals surface area contributed by atoms with Crippen LogP contribution in [0.4, 0.5) is 5.13 Å². The maximum atomic E-state index is 5.69. The molecule has 0 atom stereocenters. The van der Waals surface area contributed by atoms with E-state index in [9.17, 15) is 0 Å². The van der Waals surface area contributed by atoms with Crippen LogP contribution >= 0.6 is 11.3 Å². The molecule has 0 unspecified atom stereocenters. The van der Waals surface area contributed by atoms with Crippen molar-refractivity contribution in [3.63, 3.8) is 0 Å². The van der Waals surface area contributed by atoms with Gasteiger partial charge in [-0.3, -0.25) is 0 Å². The number of aromatic nitrogens is 3. The van der Waals surface area contributed by atoms with Crippen LogP contribution in [0.15, 0.2) is 12.1 Å². The lowest BCUT2D eigenvalue weighted by Gasteiger charge is -1.87. The third-order valence-electron chi connectivity index (χ3n) is 2.41. The smallest absolute Gasteiger partial charge is 0.181 e. The zero-order valence-corrected chi connectivity index (χ0v) is 9.06. The van der Waals surface area contributed by atoms with E-state index in [4.69, 9.17) is 5.73 Å². The van der Waals surface area contributed by atoms with Crippen molar-refractivity contribution in [2.45, 2.75) is 13.3 Å². The number of nitrogens with two attached hydrogens (primary N) is 1. The first-order chi connectivity index (χ1) is 7.28. The van der Waals surface area contributed by atoms with Crippen molar-refractivity contribution in [1.29, 1.82) is 0 Å². The fourth-order valence-electron chi connectivity index (χ4n) is 1.69. The number of nitrogens with zero attached hydrogens (tertiary/aromatic N) is 2. The third kappa shape index (κ3) is 1.20. The molecule has 0 fully saturated rings. The quantitative estimate of drug-likeness (QED) is 0.658. The van der Waals surface area contributed by atoms with E-state index in [1.807, 2.05) is 12.1 Å². The van der Waals surface area contributed by atoms with Crippen LogP contribution in [0.25, 0.3) is 21.3 Å². The van der Waals surface area contributed by atoms with E-state index in [2.05, 4.69) is 21.9 Å². The molecule has 3 N–H and O–H groups in total. The lowest BCUT2D eigenvalue weighted by Crippen LogP contribution is -1.79. The Morgan fingerprint density at radius 3 is 3.07 bits per heavy atom. The topological polar surface area (TPSA) is 67.6 Å². The number of hydrogen-bond acceptors (Lipinski definition) is 4. The molecular weight excluding hydrogens is 208 g/mol. The number of hydrogen-bond donors (Lipinski definition) is 2. The number of thiazole rings is 1. The Hall–Kier alpha value is -1.62. The highest BCUT2D eigenvalue weighted by molar-refractivity contribution is 7.22. The number of H-pyrrole nitrogens is 1. The van der Waals surface area contributed by atoms with Gasteiger partial charge in [0.25, 0.3) is 0 Å². The summed E-state index contributed by atoms with van der Waals surface area (Å²) in [5.74, 6) is 1.00. The fourth-order valence-corrected chi connectivity index (χ4v) is 2.52. The van der Waals surface area contributed by atoms with Crippen molar-refractivity contribution in [2.75, 3.05) is 5.73 Å². The van der Waals surface area contributed by atoms with Gasteiger partial charge in [-0.05, 0) is 12.1 Å². The van der Waals surface area contributed by atoms with E-state index >= 15 is 0 Å². The minimum Gasteiger partial charge on any atom is -0.375 e. The van der Waals surface area contributed by atoms with Crippen LogP contribution in [-0.2, 0) is 6.42 Å². The highest BCUT2D eigenvalue weighted by Gasteiger charge is 2.09. The van der Waals surface area contributed by atoms with Crippen molar-refractivity contribution in [3.05, 3.63) is 18.0 Å². The van der Waals surface area contributed by atoms with Crippen molar-refractivity contribution in [3.8, 4) is 0 Å². The molecular formula is C10H10N4S. The van der Waals surface area contributed by atoms with Crippen LogP contribution in [0.5, 0.6) is 0 Å². The van der Waals surface area contributed by atoms with Gasteiger partial charge in [-0.1, -0.05) is 18.3 Å². The first kappa shape index (κ1) is 8.67. The van der Waals surface area contributed by atoms with Gasteiger partial charge in [0, 0.05) is 6.42 Å². The van der Waals surface area contributed by atoms with E-state index in [1.54, 1.807) is 0 Å². The highest BCUT2D eigenvalue weighted by atomic mass is 32.1. The summed E-state index contributed by atoms with van der Waals surface area (Å²) in [6, 6.07) is 3.98. The molecule has 4 nitrogen and oxygen atoms in total. The predicted molar refractivity (Wildman–Crippen MR) is 63.1 cm³/mol. The molecule has 2 aromatic heterocycles. The molecule has 1 aromatic carbocycles. The van der Waals surface area contributed by atoms with Crippen LogP contribution in [0.2, 0.25) is 0 Å². The number of nitrogens with one attached hydrogen (secondary N) is 1. The van der Waals surface area contributed by atoms with Crippen LogP contribution in [0.1, 0.15) is 12.7 Å². The first-order valence-electron chi connectivity index (χ1n) is 4.81. The Morgan fingerprint density at radius 1 is 1.40 bits per heavy atom. The molecule has 5 heteroatoms. The average molecular weight is 218 g/mol. The summed E-state index contributed by atoms with van der Waals surface area (Å²) in [6.07, 6.45) is 0.907. The highest BCUT2D eigenvalue weighted by Crippen LogP contribution is 2.30. The Kier molecular flexibility index (Phi) is 1.70. The van der Waals surface area contributed by atoms with Crippen molar-refractivity contribution >= 4 is 37.7 Å². The minimum absolute atomic E-state index is 0.596. The van der Waals surface area contributed by atoms with Gasteiger partial charge in [-0.25, -0.2) is 9.97 Å². The molecule has 0 aliphatic rings. The van der Waals surface area contributed by atoms with Gasteiger partial charge < -0.3 is 10.7 Å². The summed E-state index contributed by atoms with van der Waals surface area (Å²) < 4.78 is 1.07. The number of anilines is 1. The van der Waals surface area contributed by atoms with Gasteiger partial charge >= 0.3 is 0 Å². The van der Waals surface area contributed by atoms with E-state index in [-0.39, 0.29) is 0 Å². The zero-order chi connectivity index (χ0) is 10.4. The van der Waals surface area contributed by atoms with Gasteiger partial charge in [0.2, 0.25) is 0 Å². The molecule has 2 heterocycles. The average Bonchev–Trinajstić information content (AvgIpc) is 2.78. The number of aryl methyl sites for hydroxylation is 1. The largest absolute Gasteiger partial charge is 0.375 e. The third-order valence-corrected chi connectivity index (χ3v) is 3.32. The molecule has 0 radical (unpaired) electrons. The molecule has 0 saturated carbocycles. The summed E-state index contributed by atoms with van der Waals surface area (Å²) >= 11 is 1.49. The number of aromatic amines is 1. The molecule has 15 heavy (non-hydrogen) atoms. The van der Waals surface area contributed by atoms with Crippen LogP contribution in [0, 0.1) is 0 Å². The second kappa shape index (κ2) is 2.93. The van der Waals surface area contributed by atoms with E-state index in [0.29, 0.717) is 5.13 Å². The van der Waals surface area contributed by atoms with Crippen molar-refractivity contribution in [1.82, 2.24) is 15.0 Å². The minimum atomic E-state index is 0.596. The summed E-state index contributed by atoms with van der Waals surface area (Å²) in [5, 5.41) is 0.596. The van der Waals surface area contributed by atoms with Crippen molar-refractivity contribution in [2.24, 2.45) is 0 Å². The lowest BCUT2D eigenvalue weighted by molar-refractivity contribution is 1.00. The molecule has 76 valence electrons. The maximum Gasteiger partial charge on any atom is 0.181 e. The normalized spacial score (nSPS) is 11.5. The van der Waals surface area contributed by atoms with Gasteiger partial charge in [0.05, 0.1) is 15.7 Å². The summed E-state index contributed by atoms with van der Waals surface area (Å²) in [4.78, 5) is 12.0. The molecule has 0 bridgehead atoms. The lowest BCUT2D eigenvalue weighted by atomic mass is 10.3. The number of fused-ring (bicyclic) bond motifs is 3. The van der Waals surface area contributed by atoms with Crippen LogP contribution in [0.3, 0.4) is 0 Å². The Balaban J connectivity index is 2.46. The monoisotopic (exact) mass is 218 g/mol.